The molecule has 1 aromatic heterocycles. The normalized spacial score (nSPS) is 12.2. The van der Waals surface area contributed by atoms with Crippen LogP contribution < -0.4 is 10.1 Å². The zero-order valence-electron chi connectivity index (χ0n) is 15.0. The highest BCUT2D eigenvalue weighted by Crippen LogP contribution is 2.29. The van der Waals surface area contributed by atoms with Crippen LogP contribution in [0, 0.1) is 10.1 Å². The van der Waals surface area contributed by atoms with Crippen molar-refractivity contribution in [3.05, 3.63) is 70.9 Å². The van der Waals surface area contributed by atoms with Crippen molar-refractivity contribution in [3.63, 3.8) is 0 Å². The summed E-state index contributed by atoms with van der Waals surface area (Å²) < 4.78 is 30.7. The van der Waals surface area contributed by atoms with Crippen molar-refractivity contribution in [2.75, 3.05) is 5.32 Å². The van der Waals surface area contributed by atoms with Crippen LogP contribution in [0.4, 0.5) is 10.8 Å². The van der Waals surface area contributed by atoms with E-state index in [2.05, 4.69) is 10.3 Å². The number of carbonyl (C=O) groups is 1. The van der Waals surface area contributed by atoms with Crippen LogP contribution in [0.2, 0.25) is 0 Å². The second-order valence-corrected chi connectivity index (χ2v) is 9.01. The molecule has 0 aliphatic rings. The average Bonchev–Trinajstić information content (AvgIpc) is 3.18. The van der Waals surface area contributed by atoms with E-state index in [0.29, 0.717) is 5.75 Å². The molecular formula is C18H15N3O6S2. The van der Waals surface area contributed by atoms with Gasteiger partial charge in [0.2, 0.25) is 9.84 Å². The molecule has 0 saturated carbocycles. The number of non-ortho nitro benzene ring substituents is 1. The van der Waals surface area contributed by atoms with Crippen LogP contribution in [0.15, 0.2) is 69.9 Å². The van der Waals surface area contributed by atoms with Gasteiger partial charge in [-0.25, -0.2) is 13.4 Å². The largest absolute Gasteiger partial charge is 0.481 e. The second-order valence-electron chi connectivity index (χ2n) is 5.80. The quantitative estimate of drug-likeness (QED) is 0.447. The van der Waals surface area contributed by atoms with Gasteiger partial charge in [-0.2, -0.15) is 0 Å². The molecule has 1 heterocycles. The van der Waals surface area contributed by atoms with E-state index in [1.165, 1.54) is 0 Å². The topological polar surface area (TPSA) is 128 Å². The molecule has 2 aromatic carbocycles. The summed E-state index contributed by atoms with van der Waals surface area (Å²) in [7, 11) is -3.91. The molecule has 0 saturated heterocycles. The number of aromatic nitrogens is 1. The van der Waals surface area contributed by atoms with Crippen LogP contribution in [-0.2, 0) is 14.6 Å². The van der Waals surface area contributed by atoms with Gasteiger partial charge in [-0.05, 0) is 31.2 Å². The molecule has 0 aliphatic heterocycles. The molecule has 0 unspecified atom stereocenters. The van der Waals surface area contributed by atoms with Gasteiger partial charge in [0.25, 0.3) is 11.6 Å². The van der Waals surface area contributed by atoms with Gasteiger partial charge in [-0.3, -0.25) is 20.2 Å². The lowest BCUT2D eigenvalue weighted by Crippen LogP contribution is -2.30. The van der Waals surface area contributed by atoms with Crippen LogP contribution in [-0.4, -0.2) is 30.3 Å². The minimum Gasteiger partial charge on any atom is -0.481 e. The molecule has 9 nitrogen and oxygen atoms in total. The number of nitrogens with zero attached hydrogens (tertiary/aromatic N) is 2. The highest BCUT2D eigenvalue weighted by Gasteiger charge is 2.23. The molecule has 1 amide bonds. The average molecular weight is 433 g/mol. The van der Waals surface area contributed by atoms with Gasteiger partial charge in [0.1, 0.15) is 9.96 Å². The first-order valence-corrected chi connectivity index (χ1v) is 10.6. The summed E-state index contributed by atoms with van der Waals surface area (Å²) in [5.74, 6) is 0.0400. The van der Waals surface area contributed by atoms with E-state index < -0.39 is 26.8 Å². The Morgan fingerprint density at radius 3 is 2.45 bits per heavy atom. The van der Waals surface area contributed by atoms with Crippen molar-refractivity contribution in [3.8, 4) is 5.75 Å². The number of rotatable bonds is 7. The van der Waals surface area contributed by atoms with Crippen LogP contribution in [0.3, 0.4) is 0 Å². The lowest BCUT2D eigenvalue weighted by Gasteiger charge is -2.13. The number of ether oxygens (including phenoxy) is 1. The molecule has 1 N–H and O–H groups in total. The highest BCUT2D eigenvalue weighted by atomic mass is 32.2. The number of amides is 1. The summed E-state index contributed by atoms with van der Waals surface area (Å²) in [5.41, 5.74) is -0.214. The first kappa shape index (κ1) is 20.4. The number of carbonyl (C=O) groups excluding carboxylic acids is 1. The third-order valence-electron chi connectivity index (χ3n) is 3.76. The summed E-state index contributed by atoms with van der Waals surface area (Å²) in [4.78, 5) is 26.2. The van der Waals surface area contributed by atoms with Gasteiger partial charge >= 0.3 is 0 Å². The lowest BCUT2D eigenvalue weighted by molar-refractivity contribution is -0.384. The molecule has 0 fully saturated rings. The Labute approximate surface area is 170 Å². The first-order chi connectivity index (χ1) is 13.8. The minimum atomic E-state index is -3.91. The van der Waals surface area contributed by atoms with Crippen molar-refractivity contribution in [2.45, 2.75) is 22.1 Å². The fourth-order valence-electron chi connectivity index (χ4n) is 2.27. The van der Waals surface area contributed by atoms with Crippen molar-refractivity contribution in [1.29, 1.82) is 0 Å². The number of sulfone groups is 1. The number of nitrogens with one attached hydrogen (secondary N) is 1. The molecular weight excluding hydrogens is 418 g/mol. The Hall–Kier alpha value is -3.31. The smallest absolute Gasteiger partial charge is 0.269 e. The van der Waals surface area contributed by atoms with Gasteiger partial charge in [0.15, 0.2) is 11.2 Å². The van der Waals surface area contributed by atoms with E-state index in [9.17, 15) is 23.3 Å². The summed E-state index contributed by atoms with van der Waals surface area (Å²) >= 11 is 0.777. The first-order valence-electron chi connectivity index (χ1n) is 8.25. The van der Waals surface area contributed by atoms with Crippen LogP contribution in [0.25, 0.3) is 0 Å². The van der Waals surface area contributed by atoms with Crippen molar-refractivity contribution in [2.24, 2.45) is 0 Å². The maximum Gasteiger partial charge on any atom is 0.269 e. The number of nitro benzene ring substituents is 1. The van der Waals surface area contributed by atoms with Crippen LogP contribution in [0.5, 0.6) is 5.75 Å². The highest BCUT2D eigenvalue weighted by molar-refractivity contribution is 7.93. The Kier molecular flexibility index (Phi) is 5.89. The maximum atomic E-state index is 12.7. The summed E-state index contributed by atoms with van der Waals surface area (Å²) in [6, 6.07) is 13.3. The molecule has 150 valence electrons. The standard InChI is InChI=1S/C18H15N3O6S2/c1-12(27-14-5-3-2-4-6-14)17(22)20-18-19-11-16(28-18)29(25,26)15-9-7-13(8-10-15)21(23)24/h2-12H,1H3,(H,19,20,22)/t12-/m0/s1. The molecule has 0 aliphatic carbocycles. The summed E-state index contributed by atoms with van der Waals surface area (Å²) in [6.45, 7) is 1.56. The van der Waals surface area contributed by atoms with E-state index in [4.69, 9.17) is 4.74 Å². The van der Waals surface area contributed by atoms with E-state index in [0.717, 1.165) is 41.8 Å². The lowest BCUT2D eigenvalue weighted by atomic mass is 10.3. The maximum absolute atomic E-state index is 12.7. The van der Waals surface area contributed by atoms with Crippen molar-refractivity contribution >= 4 is 37.9 Å². The van der Waals surface area contributed by atoms with E-state index >= 15 is 0 Å². The van der Waals surface area contributed by atoms with Gasteiger partial charge in [0, 0.05) is 12.1 Å². The molecule has 11 heteroatoms. The van der Waals surface area contributed by atoms with E-state index in [1.54, 1.807) is 31.2 Å². The number of para-hydroxylation sites is 1. The Balaban J connectivity index is 1.71. The third-order valence-corrected chi connectivity index (χ3v) is 6.91. The number of benzene rings is 2. The Bertz CT molecular complexity index is 1130. The molecule has 0 bridgehead atoms. The molecule has 1 atom stereocenters. The number of hydrogen-bond acceptors (Lipinski definition) is 8. The zero-order chi connectivity index (χ0) is 21.0. The Morgan fingerprint density at radius 2 is 1.83 bits per heavy atom. The SMILES string of the molecule is C[C@H](Oc1ccccc1)C(=O)Nc1ncc(S(=O)(=O)c2ccc([N+](=O)[O-])cc2)s1. The molecule has 3 rings (SSSR count). The number of hydrogen-bond donors (Lipinski definition) is 1. The minimum absolute atomic E-state index is 0.0963. The van der Waals surface area contributed by atoms with Crippen molar-refractivity contribution in [1.82, 2.24) is 4.98 Å². The number of thiazole rings is 1. The zero-order valence-corrected chi connectivity index (χ0v) is 16.6. The monoisotopic (exact) mass is 433 g/mol. The molecule has 3 aromatic rings. The van der Waals surface area contributed by atoms with E-state index in [1.807, 2.05) is 6.07 Å². The predicted molar refractivity (Wildman–Crippen MR) is 106 cm³/mol. The van der Waals surface area contributed by atoms with Crippen LogP contribution in [0.1, 0.15) is 6.92 Å². The molecule has 29 heavy (non-hydrogen) atoms. The predicted octanol–water partition coefficient (Wildman–Crippen LogP) is 3.29. The van der Waals surface area contributed by atoms with Crippen LogP contribution >= 0.6 is 11.3 Å². The fraction of sp³-hybridized carbons (Fsp3) is 0.111. The fourth-order valence-corrected chi connectivity index (χ4v) is 4.70. The van der Waals surface area contributed by atoms with Gasteiger partial charge in [-0.1, -0.05) is 29.5 Å². The van der Waals surface area contributed by atoms with E-state index in [-0.39, 0.29) is 19.9 Å². The number of nitro groups is 1. The molecule has 0 spiro atoms. The summed E-state index contributed by atoms with van der Waals surface area (Å²) in [6.07, 6.45) is 0.302. The summed E-state index contributed by atoms with van der Waals surface area (Å²) in [5, 5.41) is 13.3. The third kappa shape index (κ3) is 4.76. The van der Waals surface area contributed by atoms with Crippen molar-refractivity contribution < 1.29 is 22.9 Å². The van der Waals surface area contributed by atoms with Gasteiger partial charge in [0.05, 0.1) is 16.0 Å². The van der Waals surface area contributed by atoms with Gasteiger partial charge < -0.3 is 4.74 Å². The Morgan fingerprint density at radius 1 is 1.17 bits per heavy atom. The second kappa shape index (κ2) is 8.37. The van der Waals surface area contributed by atoms with Gasteiger partial charge in [-0.15, -0.1) is 0 Å². The number of anilines is 1. The molecule has 0 radical (unpaired) electrons.